The van der Waals surface area contributed by atoms with E-state index in [1.165, 1.54) is 35.1 Å². The average molecular weight is 188 g/mol. The molecule has 0 heterocycles. The molecule has 0 bridgehead atoms. The molecule has 0 aliphatic heterocycles. The molecule has 0 N–H and O–H groups in total. The van der Waals surface area contributed by atoms with Crippen LogP contribution in [0.1, 0.15) is 44.7 Å². The molecule has 76 valence electrons. The Hall–Kier alpha value is -1.04. The molecule has 0 saturated heterocycles. The molecule has 0 saturated carbocycles. The van der Waals surface area contributed by atoms with E-state index in [0.717, 1.165) is 0 Å². The van der Waals surface area contributed by atoms with Gasteiger partial charge in [-0.2, -0.15) is 0 Å². The Balaban J connectivity index is 3.05. The van der Waals surface area contributed by atoms with Crippen molar-refractivity contribution in [1.29, 1.82) is 0 Å². The highest BCUT2D eigenvalue weighted by Gasteiger charge is 2.02. The Kier molecular flexibility index (Phi) is 3.94. The summed E-state index contributed by atoms with van der Waals surface area (Å²) in [4.78, 5) is 0. The molecular weight excluding hydrogens is 168 g/mol. The first-order chi connectivity index (χ1) is 6.66. The standard InChI is InChI=1S/C14H20/c1-5-8-11(2)13(4)14-10-7-6-9-12(14)3/h6-7,9-10H,5,8H2,1-4H3/b13-11+. The smallest absolute Gasteiger partial charge is 0.0199 e. The van der Waals surface area contributed by atoms with Crippen LogP contribution in [0.25, 0.3) is 5.57 Å². The molecule has 0 atom stereocenters. The first kappa shape index (κ1) is 11.0. The van der Waals surface area contributed by atoms with E-state index in [0.29, 0.717) is 0 Å². The highest BCUT2D eigenvalue weighted by Crippen LogP contribution is 2.23. The second-order valence-electron chi connectivity index (χ2n) is 3.97. The fourth-order valence-electron chi connectivity index (χ4n) is 1.79. The Bertz CT molecular complexity index is 332. The Morgan fingerprint density at radius 3 is 2.36 bits per heavy atom. The third-order valence-corrected chi connectivity index (χ3v) is 2.81. The molecule has 0 nitrogen and oxygen atoms in total. The predicted octanol–water partition coefficient (Wildman–Crippen LogP) is 4.59. The van der Waals surface area contributed by atoms with Crippen molar-refractivity contribution in [1.82, 2.24) is 0 Å². The molecule has 1 rings (SSSR count). The van der Waals surface area contributed by atoms with Gasteiger partial charge >= 0.3 is 0 Å². The summed E-state index contributed by atoms with van der Waals surface area (Å²) in [5.74, 6) is 0. The van der Waals surface area contributed by atoms with E-state index < -0.39 is 0 Å². The van der Waals surface area contributed by atoms with Gasteiger partial charge in [0, 0.05) is 0 Å². The maximum absolute atomic E-state index is 2.24. The van der Waals surface area contributed by atoms with Crippen LogP contribution in [0.2, 0.25) is 0 Å². The summed E-state index contributed by atoms with van der Waals surface area (Å²) in [7, 11) is 0. The summed E-state index contributed by atoms with van der Waals surface area (Å²) < 4.78 is 0. The third-order valence-electron chi connectivity index (χ3n) is 2.81. The second kappa shape index (κ2) is 4.99. The van der Waals surface area contributed by atoms with Gasteiger partial charge in [-0.05, 0) is 43.9 Å². The van der Waals surface area contributed by atoms with Gasteiger partial charge in [-0.15, -0.1) is 0 Å². The average Bonchev–Trinajstić information content (AvgIpc) is 2.18. The van der Waals surface area contributed by atoms with Crippen LogP contribution >= 0.6 is 0 Å². The topological polar surface area (TPSA) is 0 Å². The Morgan fingerprint density at radius 1 is 1.14 bits per heavy atom. The van der Waals surface area contributed by atoms with Gasteiger partial charge in [-0.3, -0.25) is 0 Å². The molecule has 0 spiro atoms. The highest BCUT2D eigenvalue weighted by molar-refractivity contribution is 5.68. The van der Waals surface area contributed by atoms with Crippen LogP contribution in [-0.4, -0.2) is 0 Å². The van der Waals surface area contributed by atoms with E-state index in [-0.39, 0.29) is 0 Å². The minimum absolute atomic E-state index is 1.21. The van der Waals surface area contributed by atoms with Gasteiger partial charge < -0.3 is 0 Å². The fraction of sp³-hybridized carbons (Fsp3) is 0.429. The van der Waals surface area contributed by atoms with E-state index in [9.17, 15) is 0 Å². The zero-order valence-corrected chi connectivity index (χ0v) is 9.72. The normalized spacial score (nSPS) is 12.6. The van der Waals surface area contributed by atoms with Crippen molar-refractivity contribution in [3.05, 3.63) is 41.0 Å². The summed E-state index contributed by atoms with van der Waals surface area (Å²) in [5, 5.41) is 0. The maximum atomic E-state index is 2.24. The van der Waals surface area contributed by atoms with E-state index >= 15 is 0 Å². The van der Waals surface area contributed by atoms with Gasteiger partial charge in [0.05, 0.1) is 0 Å². The minimum Gasteiger partial charge on any atom is -0.0698 e. The molecular formula is C14H20. The summed E-state index contributed by atoms with van der Waals surface area (Å²) in [5.41, 5.74) is 5.74. The minimum atomic E-state index is 1.21. The second-order valence-corrected chi connectivity index (χ2v) is 3.97. The van der Waals surface area contributed by atoms with Crippen molar-refractivity contribution in [2.75, 3.05) is 0 Å². The SMILES string of the molecule is CCC/C(C)=C(\C)c1ccccc1C. The van der Waals surface area contributed by atoms with Gasteiger partial charge in [0.15, 0.2) is 0 Å². The zero-order chi connectivity index (χ0) is 10.6. The van der Waals surface area contributed by atoms with Gasteiger partial charge in [0.25, 0.3) is 0 Å². The van der Waals surface area contributed by atoms with Crippen molar-refractivity contribution in [3.8, 4) is 0 Å². The molecule has 1 aromatic carbocycles. The number of hydrogen-bond acceptors (Lipinski definition) is 0. The quantitative estimate of drug-likeness (QED) is 0.651. The van der Waals surface area contributed by atoms with Gasteiger partial charge in [0.1, 0.15) is 0 Å². The van der Waals surface area contributed by atoms with E-state index in [2.05, 4.69) is 52.0 Å². The van der Waals surface area contributed by atoms with E-state index in [1.54, 1.807) is 0 Å². The predicted molar refractivity (Wildman–Crippen MR) is 64.4 cm³/mol. The maximum Gasteiger partial charge on any atom is -0.0199 e. The van der Waals surface area contributed by atoms with Crippen molar-refractivity contribution in [2.24, 2.45) is 0 Å². The van der Waals surface area contributed by atoms with Crippen LogP contribution in [0.5, 0.6) is 0 Å². The van der Waals surface area contributed by atoms with Crippen LogP contribution in [0, 0.1) is 6.92 Å². The number of hydrogen-bond donors (Lipinski definition) is 0. The summed E-state index contributed by atoms with van der Waals surface area (Å²) in [6, 6.07) is 8.61. The van der Waals surface area contributed by atoms with E-state index in [1.807, 2.05) is 0 Å². The first-order valence-electron chi connectivity index (χ1n) is 5.39. The van der Waals surface area contributed by atoms with Crippen molar-refractivity contribution in [2.45, 2.75) is 40.5 Å². The van der Waals surface area contributed by atoms with Crippen LogP contribution in [0.15, 0.2) is 29.8 Å². The molecule has 0 fully saturated rings. The molecule has 0 aliphatic carbocycles. The largest absolute Gasteiger partial charge is 0.0698 e. The van der Waals surface area contributed by atoms with Crippen LogP contribution < -0.4 is 0 Å². The molecule has 0 aromatic heterocycles. The monoisotopic (exact) mass is 188 g/mol. The lowest BCUT2D eigenvalue weighted by Crippen LogP contribution is -1.88. The van der Waals surface area contributed by atoms with Gasteiger partial charge in [0.2, 0.25) is 0 Å². The summed E-state index contributed by atoms with van der Waals surface area (Å²) >= 11 is 0. The molecule has 0 heteroatoms. The highest BCUT2D eigenvalue weighted by atomic mass is 14.1. The first-order valence-corrected chi connectivity index (χ1v) is 5.39. The molecule has 0 amide bonds. The molecule has 0 radical (unpaired) electrons. The lowest BCUT2D eigenvalue weighted by atomic mass is 9.96. The van der Waals surface area contributed by atoms with Gasteiger partial charge in [-0.1, -0.05) is 43.2 Å². The van der Waals surface area contributed by atoms with Crippen molar-refractivity contribution >= 4 is 5.57 Å². The van der Waals surface area contributed by atoms with Crippen molar-refractivity contribution in [3.63, 3.8) is 0 Å². The van der Waals surface area contributed by atoms with Crippen LogP contribution in [0.4, 0.5) is 0 Å². The van der Waals surface area contributed by atoms with Gasteiger partial charge in [-0.25, -0.2) is 0 Å². The molecule has 0 unspecified atom stereocenters. The zero-order valence-electron chi connectivity index (χ0n) is 9.72. The molecule has 0 aliphatic rings. The lowest BCUT2D eigenvalue weighted by molar-refractivity contribution is 0.906. The summed E-state index contributed by atoms with van der Waals surface area (Å²) in [6.45, 7) is 8.88. The molecule has 1 aromatic rings. The number of benzene rings is 1. The summed E-state index contributed by atoms with van der Waals surface area (Å²) in [6.07, 6.45) is 2.44. The van der Waals surface area contributed by atoms with E-state index in [4.69, 9.17) is 0 Å². The number of aryl methyl sites for hydroxylation is 1. The fourth-order valence-corrected chi connectivity index (χ4v) is 1.79. The lowest BCUT2D eigenvalue weighted by Gasteiger charge is -2.09. The number of allylic oxidation sites excluding steroid dienone is 2. The Morgan fingerprint density at radius 2 is 1.79 bits per heavy atom. The Labute approximate surface area is 87.7 Å². The van der Waals surface area contributed by atoms with Crippen molar-refractivity contribution < 1.29 is 0 Å². The third kappa shape index (κ3) is 2.47. The van der Waals surface area contributed by atoms with Crippen LogP contribution in [0.3, 0.4) is 0 Å². The molecule has 14 heavy (non-hydrogen) atoms. The number of rotatable bonds is 3. The van der Waals surface area contributed by atoms with Crippen LogP contribution in [-0.2, 0) is 0 Å².